The maximum Gasteiger partial charge on any atom is 0.573 e. The third kappa shape index (κ3) is 5.54. The molecule has 25 heavy (non-hydrogen) atoms. The zero-order chi connectivity index (χ0) is 18.6. The van der Waals surface area contributed by atoms with Gasteiger partial charge in [0.2, 0.25) is 0 Å². The number of likely N-dealkylation sites (tertiary alicyclic amines) is 1. The van der Waals surface area contributed by atoms with Crippen LogP contribution in [0.2, 0.25) is 0 Å². The summed E-state index contributed by atoms with van der Waals surface area (Å²) in [5.74, 6) is -0.620. The van der Waals surface area contributed by atoms with Crippen molar-refractivity contribution in [3.05, 3.63) is 29.8 Å². The number of urea groups is 1. The molecule has 0 aliphatic carbocycles. The highest BCUT2D eigenvalue weighted by Gasteiger charge is 2.31. The molecule has 2 rings (SSSR count). The number of rotatable bonds is 3. The molecule has 0 aromatic heterocycles. The van der Waals surface area contributed by atoms with E-state index in [-0.39, 0.29) is 23.7 Å². The van der Waals surface area contributed by atoms with Crippen molar-refractivity contribution in [3.63, 3.8) is 0 Å². The van der Waals surface area contributed by atoms with E-state index >= 15 is 0 Å². The van der Waals surface area contributed by atoms with Crippen LogP contribution in [0.15, 0.2) is 24.3 Å². The summed E-state index contributed by atoms with van der Waals surface area (Å²) >= 11 is 0. The van der Waals surface area contributed by atoms with Crippen molar-refractivity contribution in [2.45, 2.75) is 25.2 Å². The Balaban J connectivity index is 1.89. The third-order valence-corrected chi connectivity index (χ3v) is 3.85. The van der Waals surface area contributed by atoms with Crippen LogP contribution >= 0.6 is 0 Å². The molecule has 0 spiro atoms. The molecule has 0 atom stereocenters. The molecule has 1 aromatic carbocycles. The van der Waals surface area contributed by atoms with Gasteiger partial charge in [-0.1, -0.05) is 0 Å². The number of ether oxygens (including phenoxy) is 1. The van der Waals surface area contributed by atoms with E-state index in [0.29, 0.717) is 31.5 Å². The molecule has 1 aliphatic rings. The van der Waals surface area contributed by atoms with Crippen molar-refractivity contribution in [1.82, 2.24) is 15.1 Å². The van der Waals surface area contributed by atoms with Gasteiger partial charge in [-0.15, -0.1) is 13.2 Å². The topological polar surface area (TPSA) is 61.9 Å². The summed E-state index contributed by atoms with van der Waals surface area (Å²) in [6.07, 6.45) is -3.51. The Morgan fingerprint density at radius 1 is 1.16 bits per heavy atom. The lowest BCUT2D eigenvalue weighted by atomic mass is 10.0. The fourth-order valence-electron chi connectivity index (χ4n) is 2.51. The van der Waals surface area contributed by atoms with Gasteiger partial charge in [0.1, 0.15) is 5.75 Å². The molecule has 1 heterocycles. The molecule has 1 N–H and O–H groups in total. The fraction of sp³-hybridized carbons (Fsp3) is 0.500. The first-order valence-electron chi connectivity index (χ1n) is 7.78. The SMILES string of the molecule is CN(C)C(=O)NC1CCN(C(=O)c2ccc(OC(F)(F)F)cc2)CC1. The second-order valence-electron chi connectivity index (χ2n) is 5.98. The standard InChI is InChI=1S/C16H20F3N3O3/c1-21(2)15(24)20-12-7-9-22(10-8-12)14(23)11-3-5-13(6-4-11)25-16(17,18)19/h3-6,12H,7-10H2,1-2H3,(H,20,24). The molecule has 1 aliphatic heterocycles. The van der Waals surface area contributed by atoms with Crippen LogP contribution in [0.3, 0.4) is 0 Å². The molecule has 0 unspecified atom stereocenters. The van der Waals surface area contributed by atoms with Gasteiger partial charge in [0.15, 0.2) is 0 Å². The smallest absolute Gasteiger partial charge is 0.406 e. The van der Waals surface area contributed by atoms with Crippen molar-refractivity contribution in [2.24, 2.45) is 0 Å². The number of hydrogen-bond donors (Lipinski definition) is 1. The highest BCUT2D eigenvalue weighted by Crippen LogP contribution is 2.23. The van der Waals surface area contributed by atoms with Crippen molar-refractivity contribution < 1.29 is 27.5 Å². The fourth-order valence-corrected chi connectivity index (χ4v) is 2.51. The van der Waals surface area contributed by atoms with E-state index in [1.54, 1.807) is 19.0 Å². The maximum absolute atomic E-state index is 12.4. The second-order valence-corrected chi connectivity index (χ2v) is 5.98. The molecule has 1 fully saturated rings. The van der Waals surface area contributed by atoms with Gasteiger partial charge in [-0.05, 0) is 37.1 Å². The first-order chi connectivity index (χ1) is 11.7. The molecule has 6 nitrogen and oxygen atoms in total. The number of amides is 3. The van der Waals surface area contributed by atoms with Crippen molar-refractivity contribution in [2.75, 3.05) is 27.2 Å². The van der Waals surface area contributed by atoms with Gasteiger partial charge in [-0.3, -0.25) is 4.79 Å². The largest absolute Gasteiger partial charge is 0.573 e. The van der Waals surface area contributed by atoms with Crippen LogP contribution in [0.25, 0.3) is 0 Å². The number of benzene rings is 1. The molecule has 0 radical (unpaired) electrons. The normalized spacial score (nSPS) is 15.6. The first-order valence-corrected chi connectivity index (χ1v) is 7.78. The van der Waals surface area contributed by atoms with Crippen LogP contribution in [-0.4, -0.2) is 61.3 Å². The third-order valence-electron chi connectivity index (χ3n) is 3.85. The number of nitrogens with one attached hydrogen (secondary N) is 1. The van der Waals surface area contributed by atoms with Crippen LogP contribution in [0.1, 0.15) is 23.2 Å². The lowest BCUT2D eigenvalue weighted by molar-refractivity contribution is -0.274. The number of nitrogens with zero attached hydrogens (tertiary/aromatic N) is 2. The van der Waals surface area contributed by atoms with E-state index in [0.717, 1.165) is 12.1 Å². The number of halogens is 3. The van der Waals surface area contributed by atoms with Crippen LogP contribution in [0.4, 0.5) is 18.0 Å². The second kappa shape index (κ2) is 7.62. The molecule has 0 bridgehead atoms. The summed E-state index contributed by atoms with van der Waals surface area (Å²) in [6.45, 7) is 0.940. The van der Waals surface area contributed by atoms with E-state index in [9.17, 15) is 22.8 Å². The molecule has 1 saturated heterocycles. The summed E-state index contributed by atoms with van der Waals surface area (Å²) in [7, 11) is 3.31. The number of hydrogen-bond acceptors (Lipinski definition) is 3. The van der Waals surface area contributed by atoms with Gasteiger partial charge in [0.05, 0.1) is 0 Å². The van der Waals surface area contributed by atoms with E-state index in [1.165, 1.54) is 17.0 Å². The average Bonchev–Trinajstić information content (AvgIpc) is 2.54. The molecule has 1 aromatic rings. The maximum atomic E-state index is 12.4. The Morgan fingerprint density at radius 3 is 2.20 bits per heavy atom. The van der Waals surface area contributed by atoms with Gasteiger partial charge in [-0.25, -0.2) is 4.79 Å². The average molecular weight is 359 g/mol. The van der Waals surface area contributed by atoms with Crippen LogP contribution < -0.4 is 10.1 Å². The van der Waals surface area contributed by atoms with Crippen molar-refractivity contribution in [3.8, 4) is 5.75 Å². The summed E-state index contributed by atoms with van der Waals surface area (Å²) in [5.41, 5.74) is 0.297. The predicted octanol–water partition coefficient (Wildman–Crippen LogP) is 2.46. The summed E-state index contributed by atoms with van der Waals surface area (Å²) < 4.78 is 40.2. The predicted molar refractivity (Wildman–Crippen MR) is 84.3 cm³/mol. The Kier molecular flexibility index (Phi) is 5.76. The summed E-state index contributed by atoms with van der Waals surface area (Å²) in [6, 6.07) is 4.67. The molecular weight excluding hydrogens is 339 g/mol. The van der Waals surface area contributed by atoms with Crippen molar-refractivity contribution >= 4 is 11.9 Å². The molecule has 0 saturated carbocycles. The monoisotopic (exact) mass is 359 g/mol. The number of carbonyl (C=O) groups is 2. The summed E-state index contributed by atoms with van der Waals surface area (Å²) in [4.78, 5) is 27.1. The molecule has 9 heteroatoms. The molecular formula is C16H20F3N3O3. The van der Waals surface area contributed by atoms with Gasteiger partial charge in [0.25, 0.3) is 5.91 Å². The zero-order valence-corrected chi connectivity index (χ0v) is 14.0. The Bertz CT molecular complexity index is 609. The minimum atomic E-state index is -4.76. The lowest BCUT2D eigenvalue weighted by Crippen LogP contribution is -2.48. The van der Waals surface area contributed by atoms with Gasteiger partial charge < -0.3 is 19.9 Å². The lowest BCUT2D eigenvalue weighted by Gasteiger charge is -2.33. The van der Waals surface area contributed by atoms with E-state index in [4.69, 9.17) is 0 Å². The van der Waals surface area contributed by atoms with E-state index in [2.05, 4.69) is 10.1 Å². The highest BCUT2D eigenvalue weighted by molar-refractivity contribution is 5.94. The Hall–Kier alpha value is -2.45. The molecule has 138 valence electrons. The molecule has 3 amide bonds. The first kappa shape index (κ1) is 18.9. The van der Waals surface area contributed by atoms with Gasteiger partial charge in [-0.2, -0.15) is 0 Å². The van der Waals surface area contributed by atoms with E-state index < -0.39 is 6.36 Å². The number of carbonyl (C=O) groups excluding carboxylic acids is 2. The quantitative estimate of drug-likeness (QED) is 0.902. The zero-order valence-electron chi connectivity index (χ0n) is 14.0. The van der Waals surface area contributed by atoms with Crippen molar-refractivity contribution in [1.29, 1.82) is 0 Å². The summed E-state index contributed by atoms with van der Waals surface area (Å²) in [5, 5.41) is 2.87. The number of alkyl halides is 3. The van der Waals surface area contributed by atoms with Crippen LogP contribution in [0, 0.1) is 0 Å². The van der Waals surface area contributed by atoms with Gasteiger partial charge in [0, 0.05) is 38.8 Å². The Labute approximate surface area is 143 Å². The Morgan fingerprint density at radius 2 is 1.72 bits per heavy atom. The van der Waals surface area contributed by atoms with Gasteiger partial charge >= 0.3 is 12.4 Å². The minimum absolute atomic E-state index is 0.00140. The van der Waals surface area contributed by atoms with Crippen LogP contribution in [0.5, 0.6) is 5.75 Å². The van der Waals surface area contributed by atoms with Crippen LogP contribution in [-0.2, 0) is 0 Å². The highest BCUT2D eigenvalue weighted by atomic mass is 19.4. The minimum Gasteiger partial charge on any atom is -0.406 e. The number of piperidine rings is 1. The van der Waals surface area contributed by atoms with E-state index in [1.807, 2.05) is 0 Å².